The van der Waals surface area contributed by atoms with Crippen molar-refractivity contribution in [2.45, 2.75) is 20.8 Å². The molecule has 0 aliphatic heterocycles. The minimum Gasteiger partial charge on any atom is -0.475 e. The zero-order chi connectivity index (χ0) is 16.6. The van der Waals surface area contributed by atoms with Crippen molar-refractivity contribution >= 4 is 5.97 Å². The van der Waals surface area contributed by atoms with Crippen LogP contribution in [0.25, 0.3) is 22.4 Å². The third-order valence-electron chi connectivity index (χ3n) is 3.86. The zero-order valence-corrected chi connectivity index (χ0v) is 13.3. The molecule has 1 aromatic heterocycles. The molecular formula is C19H17NO3. The molecule has 0 unspecified atom stereocenters. The van der Waals surface area contributed by atoms with Crippen LogP contribution in [0.15, 0.2) is 47.0 Å². The maximum Gasteiger partial charge on any atom is 0.375 e. The largest absolute Gasteiger partial charge is 0.475 e. The number of hydrogen-bond acceptors (Lipinski definition) is 3. The SMILES string of the molecule is Cc1cc(C)c(-c2noc(C(=O)O)c2-c2ccccc2)c(C)c1. The zero-order valence-electron chi connectivity index (χ0n) is 13.3. The highest BCUT2D eigenvalue weighted by Crippen LogP contribution is 2.37. The Balaban J connectivity index is 2.32. The van der Waals surface area contributed by atoms with Crippen LogP contribution in [0, 0.1) is 20.8 Å². The smallest absolute Gasteiger partial charge is 0.375 e. The minimum absolute atomic E-state index is 0.134. The van der Waals surface area contributed by atoms with Crippen LogP contribution in [0.1, 0.15) is 27.2 Å². The van der Waals surface area contributed by atoms with Crippen molar-refractivity contribution < 1.29 is 14.4 Å². The number of nitrogens with zero attached hydrogens (tertiary/aromatic N) is 1. The van der Waals surface area contributed by atoms with Gasteiger partial charge in [0.25, 0.3) is 5.76 Å². The molecule has 0 saturated carbocycles. The van der Waals surface area contributed by atoms with E-state index in [1.807, 2.05) is 51.1 Å². The Hall–Kier alpha value is -2.88. The summed E-state index contributed by atoms with van der Waals surface area (Å²) >= 11 is 0. The van der Waals surface area contributed by atoms with Gasteiger partial charge in [-0.1, -0.05) is 53.2 Å². The van der Waals surface area contributed by atoms with Crippen LogP contribution in [0.2, 0.25) is 0 Å². The number of carboxylic acid groups (broad SMARTS) is 1. The van der Waals surface area contributed by atoms with Crippen molar-refractivity contribution in [3.8, 4) is 22.4 Å². The van der Waals surface area contributed by atoms with Crippen molar-refractivity contribution in [3.63, 3.8) is 0 Å². The van der Waals surface area contributed by atoms with E-state index in [0.717, 1.165) is 27.8 Å². The molecule has 0 aliphatic rings. The molecule has 3 aromatic rings. The van der Waals surface area contributed by atoms with Gasteiger partial charge in [-0.3, -0.25) is 0 Å². The first-order valence-electron chi connectivity index (χ1n) is 7.35. The van der Waals surface area contributed by atoms with Crippen molar-refractivity contribution in [2.24, 2.45) is 0 Å². The third kappa shape index (κ3) is 2.63. The maximum absolute atomic E-state index is 11.5. The van der Waals surface area contributed by atoms with Crippen LogP contribution < -0.4 is 0 Å². The summed E-state index contributed by atoms with van der Waals surface area (Å²) in [7, 11) is 0. The van der Waals surface area contributed by atoms with Crippen molar-refractivity contribution in [1.29, 1.82) is 0 Å². The molecule has 2 aromatic carbocycles. The summed E-state index contributed by atoms with van der Waals surface area (Å²) in [5.74, 6) is -1.25. The molecule has 0 spiro atoms. The van der Waals surface area contributed by atoms with Crippen LogP contribution in [0.4, 0.5) is 0 Å². The molecule has 23 heavy (non-hydrogen) atoms. The van der Waals surface area contributed by atoms with Crippen LogP contribution in [0.3, 0.4) is 0 Å². The van der Waals surface area contributed by atoms with Gasteiger partial charge in [0.15, 0.2) is 0 Å². The second-order valence-corrected chi connectivity index (χ2v) is 5.68. The second-order valence-electron chi connectivity index (χ2n) is 5.68. The van der Waals surface area contributed by atoms with E-state index in [-0.39, 0.29) is 5.76 Å². The van der Waals surface area contributed by atoms with Crippen molar-refractivity contribution in [2.75, 3.05) is 0 Å². The molecule has 1 N–H and O–H groups in total. The molecule has 0 bridgehead atoms. The Morgan fingerprint density at radius 3 is 2.17 bits per heavy atom. The molecular weight excluding hydrogens is 290 g/mol. The number of carboxylic acids is 1. The first-order valence-corrected chi connectivity index (χ1v) is 7.35. The van der Waals surface area contributed by atoms with Gasteiger partial charge in [0.05, 0.1) is 5.56 Å². The molecule has 0 radical (unpaired) electrons. The molecule has 1 heterocycles. The maximum atomic E-state index is 11.5. The van der Waals surface area contributed by atoms with Gasteiger partial charge in [-0.15, -0.1) is 0 Å². The van der Waals surface area contributed by atoms with E-state index in [1.165, 1.54) is 0 Å². The molecule has 116 valence electrons. The van der Waals surface area contributed by atoms with E-state index >= 15 is 0 Å². The molecule has 4 heteroatoms. The first kappa shape index (κ1) is 15.0. The van der Waals surface area contributed by atoms with E-state index < -0.39 is 5.97 Å². The number of aromatic nitrogens is 1. The first-order chi connectivity index (χ1) is 11.0. The Bertz CT molecular complexity index is 856. The van der Waals surface area contributed by atoms with E-state index in [9.17, 15) is 9.90 Å². The molecule has 0 fully saturated rings. The lowest BCUT2D eigenvalue weighted by Crippen LogP contribution is -1.98. The summed E-state index contributed by atoms with van der Waals surface area (Å²) in [5, 5.41) is 13.5. The molecule has 3 rings (SSSR count). The Labute approximate surface area is 134 Å². The lowest BCUT2D eigenvalue weighted by Gasteiger charge is -2.10. The van der Waals surface area contributed by atoms with Crippen LogP contribution >= 0.6 is 0 Å². The van der Waals surface area contributed by atoms with Gasteiger partial charge >= 0.3 is 5.97 Å². The second kappa shape index (κ2) is 5.72. The minimum atomic E-state index is -1.12. The van der Waals surface area contributed by atoms with Gasteiger partial charge in [-0.2, -0.15) is 0 Å². The number of aryl methyl sites for hydroxylation is 3. The van der Waals surface area contributed by atoms with Gasteiger partial charge in [0.1, 0.15) is 5.69 Å². The molecule has 0 atom stereocenters. The molecule has 4 nitrogen and oxygen atoms in total. The summed E-state index contributed by atoms with van der Waals surface area (Å²) in [4.78, 5) is 11.5. The summed E-state index contributed by atoms with van der Waals surface area (Å²) in [6.07, 6.45) is 0. The molecule has 0 aliphatic carbocycles. The number of aromatic carboxylic acids is 1. The van der Waals surface area contributed by atoms with Gasteiger partial charge in [-0.05, 0) is 37.5 Å². The van der Waals surface area contributed by atoms with Crippen molar-refractivity contribution in [1.82, 2.24) is 5.16 Å². The predicted molar refractivity (Wildman–Crippen MR) is 88.5 cm³/mol. The predicted octanol–water partition coefficient (Wildman–Crippen LogP) is 4.63. The Kier molecular flexibility index (Phi) is 3.74. The summed E-state index contributed by atoms with van der Waals surface area (Å²) in [6.45, 7) is 6.03. The summed E-state index contributed by atoms with van der Waals surface area (Å²) in [6, 6.07) is 13.5. The van der Waals surface area contributed by atoms with Gasteiger partial charge in [0.2, 0.25) is 0 Å². The standard InChI is InChI=1S/C19H17NO3/c1-11-9-12(2)15(13(3)10-11)17-16(14-7-5-4-6-8-14)18(19(21)22)23-20-17/h4-10H,1-3H3,(H,21,22). The lowest BCUT2D eigenvalue weighted by molar-refractivity contribution is 0.0653. The van der Waals surface area contributed by atoms with Crippen LogP contribution in [-0.4, -0.2) is 16.2 Å². The lowest BCUT2D eigenvalue weighted by atomic mass is 9.92. The van der Waals surface area contributed by atoms with Crippen LogP contribution in [-0.2, 0) is 0 Å². The highest BCUT2D eigenvalue weighted by molar-refractivity contribution is 5.98. The number of carbonyl (C=O) groups is 1. The highest BCUT2D eigenvalue weighted by atomic mass is 16.5. The fourth-order valence-corrected chi connectivity index (χ4v) is 3.03. The van der Waals surface area contributed by atoms with Gasteiger partial charge in [0, 0.05) is 5.56 Å². The fourth-order valence-electron chi connectivity index (χ4n) is 3.03. The van der Waals surface area contributed by atoms with E-state index in [4.69, 9.17) is 4.52 Å². The fraction of sp³-hybridized carbons (Fsp3) is 0.158. The Morgan fingerprint density at radius 2 is 1.61 bits per heavy atom. The highest BCUT2D eigenvalue weighted by Gasteiger charge is 2.25. The molecule has 0 saturated heterocycles. The van der Waals surface area contributed by atoms with Crippen LogP contribution in [0.5, 0.6) is 0 Å². The van der Waals surface area contributed by atoms with E-state index in [0.29, 0.717) is 11.3 Å². The Morgan fingerprint density at radius 1 is 1.00 bits per heavy atom. The van der Waals surface area contributed by atoms with Gasteiger partial charge in [-0.25, -0.2) is 4.79 Å². The summed E-state index contributed by atoms with van der Waals surface area (Å²) in [5.41, 5.74) is 6.05. The summed E-state index contributed by atoms with van der Waals surface area (Å²) < 4.78 is 5.16. The van der Waals surface area contributed by atoms with Crippen molar-refractivity contribution in [3.05, 3.63) is 64.9 Å². The third-order valence-corrected chi connectivity index (χ3v) is 3.86. The average molecular weight is 307 g/mol. The number of rotatable bonds is 3. The molecule has 0 amide bonds. The monoisotopic (exact) mass is 307 g/mol. The number of benzene rings is 2. The number of hydrogen-bond donors (Lipinski definition) is 1. The van der Waals surface area contributed by atoms with Gasteiger partial charge < -0.3 is 9.63 Å². The topological polar surface area (TPSA) is 63.3 Å². The normalized spacial score (nSPS) is 10.7. The average Bonchev–Trinajstić information content (AvgIpc) is 2.92. The quantitative estimate of drug-likeness (QED) is 0.766. The van der Waals surface area contributed by atoms with E-state index in [2.05, 4.69) is 17.3 Å². The van der Waals surface area contributed by atoms with E-state index in [1.54, 1.807) is 0 Å².